The number of aliphatic hydroxyl groups excluding tert-OH is 1. The van der Waals surface area contributed by atoms with Crippen molar-refractivity contribution in [2.75, 3.05) is 19.7 Å². The van der Waals surface area contributed by atoms with Crippen LogP contribution in [0.5, 0.6) is 0 Å². The Hall–Kier alpha value is -1.77. The fourth-order valence-electron chi connectivity index (χ4n) is 4.28. The van der Waals surface area contributed by atoms with Gasteiger partial charge in [-0.05, 0) is 55.4 Å². The molecule has 1 spiro atoms. The highest BCUT2D eigenvalue weighted by Gasteiger charge is 2.48. The smallest absolute Gasteiger partial charge is 0.427 e. The van der Waals surface area contributed by atoms with Crippen LogP contribution in [0.3, 0.4) is 0 Å². The van der Waals surface area contributed by atoms with Crippen molar-refractivity contribution in [1.82, 2.24) is 14.7 Å². The number of alkyl halides is 3. The van der Waals surface area contributed by atoms with Crippen LogP contribution in [0.1, 0.15) is 56.0 Å². The van der Waals surface area contributed by atoms with E-state index in [2.05, 4.69) is 20.7 Å². The van der Waals surface area contributed by atoms with Crippen LogP contribution in [0.4, 0.5) is 18.0 Å². The summed E-state index contributed by atoms with van der Waals surface area (Å²) in [6.07, 6.45) is 1.87. The zero-order valence-corrected chi connectivity index (χ0v) is 15.0. The van der Waals surface area contributed by atoms with Crippen molar-refractivity contribution in [2.45, 2.75) is 62.8 Å². The molecule has 1 atom stereocenters. The molecule has 0 radical (unpaired) electrons. The average Bonchev–Trinajstić information content (AvgIpc) is 3.34. The number of aromatic nitrogens is 2. The van der Waals surface area contributed by atoms with Gasteiger partial charge in [0.25, 0.3) is 0 Å². The fourth-order valence-corrected chi connectivity index (χ4v) is 4.28. The molecule has 9 heteroatoms. The number of carbonyl (C=O) groups is 1. The van der Waals surface area contributed by atoms with Gasteiger partial charge in [-0.1, -0.05) is 0 Å². The van der Waals surface area contributed by atoms with Gasteiger partial charge in [0.15, 0.2) is 0 Å². The molecular formula is C18H24F3N3O3. The maximum atomic E-state index is 12.6. The lowest BCUT2D eigenvalue weighted by Gasteiger charge is -2.51. The normalized spacial score (nSPS) is 23.9. The molecule has 3 fully saturated rings. The third-order valence-corrected chi connectivity index (χ3v) is 6.24. The first-order valence-corrected chi connectivity index (χ1v) is 9.47. The number of nitrogens with zero attached hydrogens (tertiary/aromatic N) is 3. The molecule has 2 aliphatic carbocycles. The summed E-state index contributed by atoms with van der Waals surface area (Å²) in [5.41, 5.74) is 1.46. The summed E-state index contributed by atoms with van der Waals surface area (Å²) in [7, 11) is 0. The Morgan fingerprint density at radius 3 is 2.56 bits per heavy atom. The van der Waals surface area contributed by atoms with Crippen molar-refractivity contribution in [3.63, 3.8) is 0 Å². The molecule has 0 aromatic carbocycles. The predicted octanol–water partition coefficient (Wildman–Crippen LogP) is 3.24. The van der Waals surface area contributed by atoms with Crippen molar-refractivity contribution in [1.29, 1.82) is 0 Å². The Morgan fingerprint density at radius 2 is 2.00 bits per heavy atom. The van der Waals surface area contributed by atoms with Gasteiger partial charge < -0.3 is 14.7 Å². The summed E-state index contributed by atoms with van der Waals surface area (Å²) in [5, 5.41) is 13.3. The third kappa shape index (κ3) is 3.79. The lowest BCUT2D eigenvalue weighted by Crippen LogP contribution is -2.50. The van der Waals surface area contributed by atoms with E-state index >= 15 is 0 Å². The number of hydrogen-bond acceptors (Lipinski definition) is 4. The van der Waals surface area contributed by atoms with Crippen molar-refractivity contribution < 1.29 is 27.8 Å². The van der Waals surface area contributed by atoms with Gasteiger partial charge >= 0.3 is 12.3 Å². The molecule has 150 valence electrons. The van der Waals surface area contributed by atoms with E-state index < -0.39 is 25.0 Å². The fraction of sp³-hybridized carbons (Fsp3) is 0.778. The Kier molecular flexibility index (Phi) is 4.60. The number of hydrogen-bond donors (Lipinski definition) is 1. The molecule has 1 N–H and O–H groups in total. The van der Waals surface area contributed by atoms with E-state index in [0.29, 0.717) is 25.0 Å². The molecule has 2 heterocycles. The third-order valence-electron chi connectivity index (χ3n) is 6.24. The highest BCUT2D eigenvalue weighted by Crippen LogP contribution is 2.55. The maximum Gasteiger partial charge on any atom is 0.427 e. The first-order valence-electron chi connectivity index (χ1n) is 9.47. The minimum atomic E-state index is -4.76. The number of piperidine rings is 1. The molecule has 1 saturated heterocycles. The molecular weight excluding hydrogens is 363 g/mol. The lowest BCUT2D eigenvalue weighted by molar-refractivity contribution is -0.215. The zero-order chi connectivity index (χ0) is 19.2. The molecule has 3 aliphatic rings. The van der Waals surface area contributed by atoms with Gasteiger partial charge in [-0.3, -0.25) is 4.68 Å². The number of likely N-dealkylation sites (tertiary alicyclic amines) is 1. The standard InChI is InChI=1S/C18H24F3N3O3/c19-18(20,21)15(11-25)27-16(26)23-5-3-17(4-6-23)7-14(8-17)24-10-13(9-22-24)12-1-2-12/h9-10,12,14-15,25H,1-8,11H2/t15-/m1/s1. The van der Waals surface area contributed by atoms with E-state index in [1.807, 2.05) is 6.20 Å². The number of ether oxygens (including phenoxy) is 1. The van der Waals surface area contributed by atoms with Crippen LogP contribution in [0.25, 0.3) is 0 Å². The second-order valence-corrected chi connectivity index (χ2v) is 8.17. The molecule has 4 rings (SSSR count). The van der Waals surface area contributed by atoms with E-state index in [4.69, 9.17) is 5.11 Å². The van der Waals surface area contributed by atoms with Crippen LogP contribution in [0.15, 0.2) is 12.4 Å². The number of carbonyl (C=O) groups excluding carboxylic acids is 1. The number of aliphatic hydroxyl groups is 1. The van der Waals surface area contributed by atoms with E-state index in [1.54, 1.807) is 0 Å². The topological polar surface area (TPSA) is 67.6 Å². The SMILES string of the molecule is O=C(O[C@H](CO)C(F)(F)F)N1CCC2(CC1)CC(n1cc(C3CC3)cn1)C2. The van der Waals surface area contributed by atoms with Crippen LogP contribution in [-0.2, 0) is 4.74 Å². The maximum absolute atomic E-state index is 12.6. The van der Waals surface area contributed by atoms with Gasteiger partial charge in [0.2, 0.25) is 6.10 Å². The average molecular weight is 387 g/mol. The molecule has 1 aromatic heterocycles. The molecule has 2 saturated carbocycles. The predicted molar refractivity (Wildman–Crippen MR) is 89.1 cm³/mol. The summed E-state index contributed by atoms with van der Waals surface area (Å²) in [4.78, 5) is 13.3. The van der Waals surface area contributed by atoms with Crippen LogP contribution >= 0.6 is 0 Å². The number of amides is 1. The Bertz CT molecular complexity index is 686. The van der Waals surface area contributed by atoms with E-state index in [-0.39, 0.29) is 5.41 Å². The summed E-state index contributed by atoms with van der Waals surface area (Å²) in [5.74, 6) is 0.682. The molecule has 0 unspecified atom stereocenters. The quantitative estimate of drug-likeness (QED) is 0.861. The summed E-state index contributed by atoms with van der Waals surface area (Å²) >= 11 is 0. The van der Waals surface area contributed by atoms with Gasteiger partial charge in [0.05, 0.1) is 18.8 Å². The molecule has 1 aliphatic heterocycles. The minimum Gasteiger partial charge on any atom is -0.434 e. The van der Waals surface area contributed by atoms with E-state index in [9.17, 15) is 18.0 Å². The minimum absolute atomic E-state index is 0.146. The van der Waals surface area contributed by atoms with Crippen molar-refractivity contribution in [3.05, 3.63) is 18.0 Å². The van der Waals surface area contributed by atoms with Crippen LogP contribution in [-0.4, -0.2) is 57.9 Å². The summed E-state index contributed by atoms with van der Waals surface area (Å²) in [6.45, 7) is -0.497. The first-order chi connectivity index (χ1) is 12.8. The highest BCUT2D eigenvalue weighted by atomic mass is 19.4. The van der Waals surface area contributed by atoms with Gasteiger partial charge in [0.1, 0.15) is 0 Å². The second-order valence-electron chi connectivity index (χ2n) is 8.17. The largest absolute Gasteiger partial charge is 0.434 e. The van der Waals surface area contributed by atoms with Gasteiger partial charge in [-0.15, -0.1) is 0 Å². The summed E-state index contributed by atoms with van der Waals surface area (Å²) < 4.78 is 44.4. The second kappa shape index (κ2) is 6.68. The Labute approximate surface area is 155 Å². The molecule has 1 amide bonds. The van der Waals surface area contributed by atoms with Gasteiger partial charge in [-0.2, -0.15) is 18.3 Å². The number of rotatable bonds is 4. The Balaban J connectivity index is 1.26. The van der Waals surface area contributed by atoms with E-state index in [1.165, 1.54) is 23.3 Å². The Morgan fingerprint density at radius 1 is 1.33 bits per heavy atom. The molecule has 1 aromatic rings. The van der Waals surface area contributed by atoms with Crippen molar-refractivity contribution in [3.8, 4) is 0 Å². The van der Waals surface area contributed by atoms with Gasteiger partial charge in [-0.25, -0.2) is 4.79 Å². The first kappa shape index (κ1) is 18.6. The van der Waals surface area contributed by atoms with Gasteiger partial charge in [0, 0.05) is 19.3 Å². The lowest BCUT2D eigenvalue weighted by atomic mass is 9.60. The molecule has 27 heavy (non-hydrogen) atoms. The highest BCUT2D eigenvalue weighted by molar-refractivity contribution is 5.68. The monoisotopic (exact) mass is 387 g/mol. The van der Waals surface area contributed by atoms with Crippen LogP contribution < -0.4 is 0 Å². The van der Waals surface area contributed by atoms with E-state index in [0.717, 1.165) is 25.7 Å². The van der Waals surface area contributed by atoms with Crippen LogP contribution in [0, 0.1) is 5.41 Å². The van der Waals surface area contributed by atoms with Crippen LogP contribution in [0.2, 0.25) is 0 Å². The number of halogens is 3. The summed E-state index contributed by atoms with van der Waals surface area (Å²) in [6, 6.07) is 0.375. The molecule has 6 nitrogen and oxygen atoms in total. The molecule has 0 bridgehead atoms. The van der Waals surface area contributed by atoms with Crippen molar-refractivity contribution in [2.24, 2.45) is 5.41 Å². The van der Waals surface area contributed by atoms with Crippen molar-refractivity contribution >= 4 is 6.09 Å². The zero-order valence-electron chi connectivity index (χ0n) is 15.0.